The van der Waals surface area contributed by atoms with Crippen molar-refractivity contribution in [2.24, 2.45) is 0 Å². The minimum absolute atomic E-state index is 0.0197. The summed E-state index contributed by atoms with van der Waals surface area (Å²) >= 11 is 11.1. The molecule has 24 heavy (non-hydrogen) atoms. The second kappa shape index (κ2) is 7.85. The Morgan fingerprint density at radius 2 is 1.88 bits per heavy atom. The van der Waals surface area contributed by atoms with E-state index in [2.05, 4.69) is 37.0 Å². The van der Waals surface area contributed by atoms with Gasteiger partial charge in [-0.25, -0.2) is 13.1 Å². The van der Waals surface area contributed by atoms with Crippen LogP contribution in [0.5, 0.6) is 0 Å². The van der Waals surface area contributed by atoms with E-state index in [0.717, 1.165) is 36.9 Å². The van der Waals surface area contributed by atoms with Crippen LogP contribution in [0.2, 0.25) is 5.02 Å². The van der Waals surface area contributed by atoms with Crippen LogP contribution in [0.1, 0.15) is 17.7 Å². The highest BCUT2D eigenvalue weighted by Gasteiger charge is 2.25. The Labute approximate surface area is 160 Å². The second-order valence-electron chi connectivity index (χ2n) is 5.82. The number of likely N-dealkylation sites (tertiary alicyclic amines) is 1. The molecular weight excluding hydrogens is 432 g/mol. The van der Waals surface area contributed by atoms with Gasteiger partial charge in [0.15, 0.2) is 0 Å². The molecule has 1 fully saturated rings. The fourth-order valence-electron chi connectivity index (χ4n) is 2.75. The third-order valence-electron chi connectivity index (χ3n) is 4.09. The molecule has 0 aliphatic carbocycles. The number of sulfonamides is 1. The molecule has 1 saturated heterocycles. The summed E-state index contributed by atoms with van der Waals surface area (Å²) in [6, 6.07) is 8.30. The fraction of sp³-hybridized carbons (Fsp3) is 0.375. The first kappa shape index (κ1) is 18.4. The maximum atomic E-state index is 12.4. The molecule has 3 rings (SSSR count). The molecular formula is C16H18BrClN2O2S2. The summed E-state index contributed by atoms with van der Waals surface area (Å²) in [5.74, 6) is 0. The van der Waals surface area contributed by atoms with Gasteiger partial charge in [-0.3, -0.25) is 4.90 Å². The van der Waals surface area contributed by atoms with Crippen molar-refractivity contribution >= 4 is 48.9 Å². The molecule has 0 spiro atoms. The van der Waals surface area contributed by atoms with Crippen LogP contribution < -0.4 is 4.72 Å². The number of benzene rings is 1. The molecule has 130 valence electrons. The number of nitrogens with one attached hydrogen (secondary N) is 1. The first-order valence-corrected chi connectivity index (χ1v) is 11.2. The second-order valence-corrected chi connectivity index (χ2v) is 9.82. The number of halogens is 2. The van der Waals surface area contributed by atoms with Gasteiger partial charge in [0.25, 0.3) is 0 Å². The van der Waals surface area contributed by atoms with E-state index in [4.69, 9.17) is 11.6 Å². The highest BCUT2D eigenvalue weighted by Crippen LogP contribution is 2.25. The molecule has 4 nitrogen and oxygen atoms in total. The third kappa shape index (κ3) is 4.59. The zero-order valence-electron chi connectivity index (χ0n) is 12.9. The maximum absolute atomic E-state index is 12.4. The summed E-state index contributed by atoms with van der Waals surface area (Å²) in [5.41, 5.74) is 0. The number of nitrogens with zero attached hydrogens (tertiary/aromatic N) is 1. The van der Waals surface area contributed by atoms with Crippen molar-refractivity contribution in [2.75, 3.05) is 13.1 Å². The number of thiophene rings is 1. The zero-order chi connectivity index (χ0) is 17.2. The molecule has 2 heterocycles. The Hall–Kier alpha value is -0.440. The monoisotopic (exact) mass is 448 g/mol. The van der Waals surface area contributed by atoms with E-state index in [9.17, 15) is 8.42 Å². The highest BCUT2D eigenvalue weighted by atomic mass is 79.9. The molecule has 0 unspecified atom stereocenters. The Kier molecular flexibility index (Phi) is 6.00. The van der Waals surface area contributed by atoms with E-state index in [1.165, 1.54) is 17.0 Å². The third-order valence-corrected chi connectivity index (χ3v) is 7.79. The topological polar surface area (TPSA) is 49.4 Å². The molecule has 0 amide bonds. The fourth-order valence-corrected chi connectivity index (χ4v) is 5.70. The molecule has 2 aromatic rings. The summed E-state index contributed by atoms with van der Waals surface area (Å²) in [7, 11) is -3.48. The van der Waals surface area contributed by atoms with Gasteiger partial charge < -0.3 is 0 Å². The van der Waals surface area contributed by atoms with E-state index in [-0.39, 0.29) is 10.9 Å². The van der Waals surface area contributed by atoms with E-state index < -0.39 is 10.0 Å². The largest absolute Gasteiger partial charge is 0.298 e. The SMILES string of the molecule is O=S(=O)(NC1CCN(Cc2sccc2Br)CC1)c1ccc(Cl)cc1. The maximum Gasteiger partial charge on any atom is 0.240 e. The van der Waals surface area contributed by atoms with Crippen LogP contribution in [0.25, 0.3) is 0 Å². The first-order valence-electron chi connectivity index (χ1n) is 7.66. The number of rotatable bonds is 5. The van der Waals surface area contributed by atoms with Gasteiger partial charge in [-0.2, -0.15) is 0 Å². The Balaban J connectivity index is 1.55. The van der Waals surface area contributed by atoms with Crippen molar-refractivity contribution in [1.29, 1.82) is 0 Å². The van der Waals surface area contributed by atoms with Gasteiger partial charge in [0.2, 0.25) is 10.0 Å². The van der Waals surface area contributed by atoms with E-state index in [1.54, 1.807) is 23.5 Å². The van der Waals surface area contributed by atoms with Crippen molar-refractivity contribution in [3.05, 3.63) is 50.1 Å². The highest BCUT2D eigenvalue weighted by molar-refractivity contribution is 9.10. The molecule has 1 aliphatic heterocycles. The minimum atomic E-state index is -3.48. The predicted octanol–water partition coefficient (Wildman–Crippen LogP) is 4.11. The first-order chi connectivity index (χ1) is 11.4. The number of hydrogen-bond acceptors (Lipinski definition) is 4. The molecule has 1 aromatic carbocycles. The zero-order valence-corrected chi connectivity index (χ0v) is 16.9. The van der Waals surface area contributed by atoms with Crippen molar-refractivity contribution in [3.63, 3.8) is 0 Å². The van der Waals surface area contributed by atoms with Gasteiger partial charge in [-0.05, 0) is 64.5 Å². The van der Waals surface area contributed by atoms with Gasteiger partial charge in [-0.1, -0.05) is 11.6 Å². The lowest BCUT2D eigenvalue weighted by molar-refractivity contribution is 0.201. The van der Waals surface area contributed by atoms with Crippen LogP contribution in [0.4, 0.5) is 0 Å². The van der Waals surface area contributed by atoms with Gasteiger partial charge in [0.05, 0.1) is 4.90 Å². The quantitative estimate of drug-likeness (QED) is 0.747. The summed E-state index contributed by atoms with van der Waals surface area (Å²) in [5, 5.41) is 2.61. The van der Waals surface area contributed by atoms with Crippen molar-refractivity contribution in [2.45, 2.75) is 30.3 Å². The van der Waals surface area contributed by atoms with Gasteiger partial charge >= 0.3 is 0 Å². The normalized spacial score (nSPS) is 17.2. The van der Waals surface area contributed by atoms with E-state index in [0.29, 0.717) is 5.02 Å². The van der Waals surface area contributed by atoms with Crippen LogP contribution in [0.15, 0.2) is 45.1 Å². The summed E-state index contributed by atoms with van der Waals surface area (Å²) in [6.45, 7) is 2.69. The molecule has 8 heteroatoms. The molecule has 1 aliphatic rings. The van der Waals surface area contributed by atoms with Crippen molar-refractivity contribution in [1.82, 2.24) is 9.62 Å². The molecule has 0 bridgehead atoms. The number of piperidine rings is 1. The Morgan fingerprint density at radius 3 is 2.46 bits per heavy atom. The van der Waals surface area contributed by atoms with Gasteiger partial charge in [-0.15, -0.1) is 11.3 Å². The standard InChI is InChI=1S/C16H18BrClN2O2S2/c17-15-7-10-23-16(15)11-20-8-5-13(6-9-20)19-24(21,22)14-3-1-12(18)2-4-14/h1-4,7,10,13,19H,5-6,8-9,11H2. The molecule has 0 radical (unpaired) electrons. The van der Waals surface area contributed by atoms with Crippen molar-refractivity contribution in [3.8, 4) is 0 Å². The van der Waals surface area contributed by atoms with Crippen LogP contribution >= 0.6 is 38.9 Å². The smallest absolute Gasteiger partial charge is 0.240 e. The van der Waals surface area contributed by atoms with Gasteiger partial charge in [0, 0.05) is 40.0 Å². The lowest BCUT2D eigenvalue weighted by Gasteiger charge is -2.32. The van der Waals surface area contributed by atoms with Crippen LogP contribution in [0.3, 0.4) is 0 Å². The molecule has 0 atom stereocenters. The van der Waals surface area contributed by atoms with E-state index >= 15 is 0 Å². The Morgan fingerprint density at radius 1 is 1.21 bits per heavy atom. The van der Waals surface area contributed by atoms with Gasteiger partial charge in [0.1, 0.15) is 0 Å². The lowest BCUT2D eigenvalue weighted by Crippen LogP contribution is -2.44. The molecule has 1 N–H and O–H groups in total. The Bertz CT molecular complexity index is 785. The number of hydrogen-bond donors (Lipinski definition) is 1. The summed E-state index contributed by atoms with van der Waals surface area (Å²) in [4.78, 5) is 3.94. The molecule has 0 saturated carbocycles. The minimum Gasteiger partial charge on any atom is -0.298 e. The van der Waals surface area contributed by atoms with Crippen molar-refractivity contribution < 1.29 is 8.42 Å². The summed E-state index contributed by atoms with van der Waals surface area (Å²) in [6.07, 6.45) is 1.63. The van der Waals surface area contributed by atoms with Crippen LogP contribution in [0, 0.1) is 0 Å². The predicted molar refractivity (Wildman–Crippen MR) is 102 cm³/mol. The molecule has 1 aromatic heterocycles. The van der Waals surface area contributed by atoms with E-state index in [1.807, 2.05) is 0 Å². The lowest BCUT2D eigenvalue weighted by atomic mass is 10.1. The van der Waals surface area contributed by atoms with Crippen LogP contribution in [-0.2, 0) is 16.6 Å². The van der Waals surface area contributed by atoms with Crippen LogP contribution in [-0.4, -0.2) is 32.4 Å². The average molecular weight is 450 g/mol. The average Bonchev–Trinajstić information content (AvgIpc) is 2.94. The summed E-state index contributed by atoms with van der Waals surface area (Å²) < 4.78 is 28.8.